The second-order valence-electron chi connectivity index (χ2n) is 40.0. The second-order valence-corrected chi connectivity index (χ2v) is 57.0. The van der Waals surface area contributed by atoms with Crippen molar-refractivity contribution >= 4 is 138 Å². The summed E-state index contributed by atoms with van der Waals surface area (Å²) >= 11 is 0. The molecule has 14 heterocycles. The van der Waals surface area contributed by atoms with E-state index in [0.29, 0.717) is 71.0 Å². The lowest BCUT2D eigenvalue weighted by Crippen LogP contribution is -2.58. The highest BCUT2D eigenvalue weighted by atomic mass is 31.2. The molecule has 3 unspecified atom stereocenters. The lowest BCUT2D eigenvalue weighted by molar-refractivity contribution is -0.119. The first-order chi connectivity index (χ1) is 70.1. The molecule has 0 radical (unpaired) electrons. The number of nitrogens with zero attached hydrogens (tertiary/aromatic N) is 13. The van der Waals surface area contributed by atoms with Crippen molar-refractivity contribution in [2.24, 2.45) is 11.8 Å². The highest BCUT2D eigenvalue weighted by molar-refractivity contribution is 7.45. The smallest absolute Gasteiger partial charge is 0.351 e. The van der Waals surface area contributed by atoms with Crippen LogP contribution in [0.4, 0.5) is 17.5 Å². The van der Waals surface area contributed by atoms with Crippen molar-refractivity contribution in [3.63, 3.8) is 0 Å². The van der Waals surface area contributed by atoms with Gasteiger partial charge in [-0.3, -0.25) is 33.4 Å². The first-order valence-corrected chi connectivity index (χ1v) is 62.7. The van der Waals surface area contributed by atoms with Gasteiger partial charge >= 0.3 is 5.69 Å². The van der Waals surface area contributed by atoms with E-state index in [1.54, 1.807) is 77.0 Å². The number of nitriles is 1. The summed E-state index contributed by atoms with van der Waals surface area (Å²) in [7, 11) is -10.1. The van der Waals surface area contributed by atoms with Gasteiger partial charge in [-0.2, -0.15) is 20.2 Å². The minimum absolute atomic E-state index is 0.0807. The van der Waals surface area contributed by atoms with Crippen molar-refractivity contribution in [3.05, 3.63) is 266 Å². The van der Waals surface area contributed by atoms with Crippen molar-refractivity contribution in [1.82, 2.24) is 57.6 Å². The summed E-state index contributed by atoms with van der Waals surface area (Å²) in [4.78, 5) is 77.6. The predicted octanol–water partition coefficient (Wildman–Crippen LogP) is 17.4. The molecule has 0 aliphatic carbocycles. The molecular weight excluding hydrogens is 1920 g/mol. The molecule has 9 aliphatic heterocycles. The molecule has 3 amide bonds. The number of aromatic nitrogens is 9. The molecule has 9 saturated heterocycles. The van der Waals surface area contributed by atoms with Gasteiger partial charge in [0.1, 0.15) is 60.8 Å². The van der Waals surface area contributed by atoms with E-state index >= 15 is 0 Å². The number of rotatable bonds is 33. The Labute approximate surface area is 849 Å². The molecule has 3 N–H and O–H groups in total. The summed E-state index contributed by atoms with van der Waals surface area (Å²) in [6.45, 7) is 24.0. The number of pyridine rings is 1. The molecule has 0 spiro atoms. The van der Waals surface area contributed by atoms with Crippen LogP contribution in [0.1, 0.15) is 161 Å². The SMILES string of the molecule is CC[C@H]1O[C@@H](n2ccc(NC(=O)C(C)C)nc2=O)CC1O[P@@]1O[C@H](C[Si](C)(c2ccccc2)c2ccccc2)[C@@H]2CCCN21.CC[C@H]1O[C@@H](n2cnc3c(NC(=O)c4ccccc4)ccnc32)CC1O[P@@]1O[C@H](C[Si](C)(c2ccccc2)c2ccccc2)[C@@H]2CCCN21.CC[C@H]1O[C@@H](n2cnc3c(OCCC#N)nc(NC(=O)C(C)C)nc32)CC1O[P@@]1O[C@H](C[Si](C)(c2ccccc2)c2ccccc2)[C@@H]2CCCN21. The molecule has 144 heavy (non-hydrogen) atoms. The second kappa shape index (κ2) is 46.0. The fourth-order valence-electron chi connectivity index (χ4n) is 21.9. The van der Waals surface area contributed by atoms with Gasteiger partial charge in [0.05, 0.1) is 85.8 Å². The minimum Gasteiger partial charge on any atom is -0.475 e. The maximum absolute atomic E-state index is 12.9. The Morgan fingerprint density at radius 3 is 1.21 bits per heavy atom. The molecule has 5 aromatic heterocycles. The number of imidazole rings is 2. The lowest BCUT2D eigenvalue weighted by Gasteiger charge is -2.32. The van der Waals surface area contributed by atoms with E-state index in [2.05, 4.69) is 288 Å². The number of carbonyl (C=O) groups excluding carboxylic acids is 3. The van der Waals surface area contributed by atoms with Crippen LogP contribution >= 0.6 is 25.6 Å². The third-order valence-electron chi connectivity index (χ3n) is 30.0. The van der Waals surface area contributed by atoms with E-state index in [1.807, 2.05) is 27.3 Å². The van der Waals surface area contributed by atoms with Crippen LogP contribution in [0.15, 0.2) is 254 Å². The molecular formula is C108H131N16O14P3Si3. The van der Waals surface area contributed by atoms with Crippen LogP contribution in [-0.2, 0) is 50.9 Å². The fraction of sp³-hybridized carbons (Fsp3) is 0.435. The quantitative estimate of drug-likeness (QED) is 0.0195. The maximum Gasteiger partial charge on any atom is 0.351 e. The number of fused-ring (bicyclic) bond motifs is 5. The first-order valence-electron chi connectivity index (χ1n) is 51.2. The van der Waals surface area contributed by atoms with Crippen molar-refractivity contribution < 1.29 is 60.5 Å². The summed E-state index contributed by atoms with van der Waals surface area (Å²) < 4.78 is 79.8. The van der Waals surface area contributed by atoms with Gasteiger partial charge in [-0.05, 0) is 100 Å². The Bertz CT molecular complexity index is 6350. The summed E-state index contributed by atoms with van der Waals surface area (Å²) in [5, 5.41) is 26.1. The molecule has 0 saturated carbocycles. The zero-order chi connectivity index (χ0) is 99.8. The predicted molar refractivity (Wildman–Crippen MR) is 570 cm³/mol. The third-order valence-corrected chi connectivity index (χ3v) is 48.8. The van der Waals surface area contributed by atoms with Gasteiger partial charge in [0.25, 0.3) is 31.5 Å². The fourth-order valence-corrected chi connectivity index (χ4v) is 39.8. The van der Waals surface area contributed by atoms with E-state index in [4.69, 9.17) is 51.4 Å². The number of hydrogen-bond donors (Lipinski definition) is 3. The van der Waals surface area contributed by atoms with Crippen molar-refractivity contribution in [3.8, 4) is 11.9 Å². The Morgan fingerprint density at radius 1 is 0.451 bits per heavy atom. The first kappa shape index (κ1) is 102. The maximum atomic E-state index is 12.9. The summed E-state index contributed by atoms with van der Waals surface area (Å²) in [5.41, 5.74) is 2.95. The van der Waals surface area contributed by atoms with E-state index in [9.17, 15) is 19.2 Å². The van der Waals surface area contributed by atoms with E-state index in [-0.39, 0.29) is 121 Å². The van der Waals surface area contributed by atoms with Crippen LogP contribution in [0.3, 0.4) is 0 Å². The lowest BCUT2D eigenvalue weighted by atomic mass is 10.1. The van der Waals surface area contributed by atoms with Crippen LogP contribution in [0, 0.1) is 23.2 Å². The van der Waals surface area contributed by atoms with Crippen molar-refractivity contribution in [2.45, 2.75) is 261 Å². The van der Waals surface area contributed by atoms with E-state index in [1.165, 1.54) is 42.1 Å². The number of benzene rings is 7. The summed E-state index contributed by atoms with van der Waals surface area (Å²) in [5.74, 6) is -0.481. The van der Waals surface area contributed by atoms with Gasteiger partial charge in [0.15, 0.2) is 16.8 Å². The number of ether oxygens (including phenoxy) is 4. The van der Waals surface area contributed by atoms with Gasteiger partial charge < -0.3 is 56.7 Å². The zero-order valence-corrected chi connectivity index (χ0v) is 89.2. The normalized spacial score (nSPS) is 25.8. The van der Waals surface area contributed by atoms with Crippen LogP contribution in [0.25, 0.3) is 22.3 Å². The van der Waals surface area contributed by atoms with Crippen LogP contribution in [-0.4, -0.2) is 199 Å². The Hall–Kier alpha value is -10.2. The summed E-state index contributed by atoms with van der Waals surface area (Å²) in [6, 6.07) is 84.6. The molecule has 754 valence electrons. The van der Waals surface area contributed by atoms with Crippen LogP contribution < -0.4 is 57.5 Å². The average Bonchev–Trinajstić information content (AvgIpc) is 1.57. The van der Waals surface area contributed by atoms with Gasteiger partial charge in [0.2, 0.25) is 23.6 Å². The van der Waals surface area contributed by atoms with Crippen LogP contribution in [0.2, 0.25) is 37.8 Å². The third kappa shape index (κ3) is 22.2. The highest BCUT2D eigenvalue weighted by Gasteiger charge is 2.56. The number of nitrogens with one attached hydrogen (secondary N) is 3. The van der Waals surface area contributed by atoms with E-state index in [0.717, 1.165) is 89.1 Å². The van der Waals surface area contributed by atoms with Gasteiger partial charge in [-0.15, -0.1) is 0 Å². The Balaban J connectivity index is 0.000000137. The van der Waals surface area contributed by atoms with Gasteiger partial charge in [0, 0.05) is 86.8 Å². The highest BCUT2D eigenvalue weighted by Crippen LogP contribution is 2.62. The monoisotopic (exact) mass is 2050 g/mol. The van der Waals surface area contributed by atoms with Crippen LogP contribution in [0.5, 0.6) is 5.88 Å². The molecule has 36 heteroatoms. The van der Waals surface area contributed by atoms with E-state index < -0.39 is 67.9 Å². The molecule has 12 aromatic rings. The van der Waals surface area contributed by atoms with Gasteiger partial charge in [-0.25, -0.2) is 33.8 Å². The average molecular weight is 2050 g/mol. The van der Waals surface area contributed by atoms with Crippen molar-refractivity contribution in [2.75, 3.05) is 42.2 Å². The molecule has 7 aromatic carbocycles. The van der Waals surface area contributed by atoms with Gasteiger partial charge in [-0.1, -0.05) is 299 Å². The Kier molecular flexibility index (Phi) is 32.7. The minimum atomic E-state index is -2.13. The molecule has 0 bridgehead atoms. The number of hydrogen-bond acceptors (Lipinski definition) is 24. The molecule has 9 aliphatic rings. The molecule has 21 rings (SSSR count). The molecule has 18 atom stereocenters. The zero-order valence-electron chi connectivity index (χ0n) is 83.5. The Morgan fingerprint density at radius 2 is 0.826 bits per heavy atom. The number of carbonyl (C=O) groups is 3. The largest absolute Gasteiger partial charge is 0.475 e. The number of amides is 3. The van der Waals surface area contributed by atoms with Crippen molar-refractivity contribution in [1.29, 1.82) is 5.26 Å². The summed E-state index contributed by atoms with van der Waals surface area (Å²) in [6.07, 6.45) is 16.1. The standard InChI is InChI=1S/C38H42N5O4PSi.C37H46N7O5PSi.C33H43N4O5PSi/c1-3-32-33(24-35(45-32)42-26-40-36-30(21-22-39-37(36)42)41-38(44)27-14-7-4-8-15-27)46-48-43-23-13-20-31(43)34(47-48)25-49(2,28-16-9-5-10-17-28)29-18-11-6-12-19-29;1-5-29-30(22-32(47-29)43-24-39-33-34(43)40-37(41-35(45)25(2)3)42-36(33)46-21-13-19-38)48-50-44-20-12-18-28(44)31(49-50)23-51(4,26-14-8-6-9-15-26)27-16-10-7-11-17-27;1-5-27-28(21-31(40-27)36-20-18-30(35-33(36)39)34-32(38)23(2)3)41-43-37-19-12-17-26(37)29(42-43)22-44(4,24-13-8-6-9-14-24)25-15-10-7-11-16-25/h4-12,14-19,21-22,26,31-35H,3,13,20,23-25H2,1-2H3,(H,39,41,44);6-11,14-17,24-25,28-32H,5,12-13,18,20-23H2,1-4H3,(H,40,41,42,45);6-11,13-16,18,20,23,26-29,31H,5,12,17,19,21-22H2,1-4H3,(H,34,35,38,39)/t31-,32+,33?,34+,35+,48-;28-,29+,30?,31+,32+,50-;26-,27+,28?,29+,31+,43-/m000/s1. The topological polar surface area (TPSA) is 322 Å². The molecule has 9 fully saturated rings. The molecule has 30 nitrogen and oxygen atoms in total. The number of anilines is 3.